The average Bonchev–Trinajstić information content (AvgIpc) is 3.48. The van der Waals surface area contributed by atoms with Crippen LogP contribution in [0.3, 0.4) is 0 Å². The molecule has 0 radical (unpaired) electrons. The van der Waals surface area contributed by atoms with Crippen LogP contribution in [0.5, 0.6) is 0 Å². The molecule has 1 aliphatic carbocycles. The normalized spacial score (nSPS) is 14.0. The van der Waals surface area contributed by atoms with Gasteiger partial charge in [0.15, 0.2) is 5.78 Å². The molecule has 10 heteroatoms. The van der Waals surface area contributed by atoms with Gasteiger partial charge in [0.1, 0.15) is 35.2 Å². The summed E-state index contributed by atoms with van der Waals surface area (Å²) < 4.78 is 38.8. The van der Waals surface area contributed by atoms with Crippen LogP contribution < -0.4 is 5.32 Å². The summed E-state index contributed by atoms with van der Waals surface area (Å²) in [7, 11) is 0. The molecule has 1 fully saturated rings. The molecule has 1 aliphatic rings. The van der Waals surface area contributed by atoms with Crippen molar-refractivity contribution in [3.05, 3.63) is 101 Å². The molecule has 4 rings (SSSR count). The zero-order chi connectivity index (χ0) is 32.6. The molecule has 1 atom stereocenters. The number of ether oxygens (including phenoxy) is 2. The van der Waals surface area contributed by atoms with Gasteiger partial charge in [-0.25, -0.2) is 18.4 Å². The number of nitrogens with zero attached hydrogens (tertiary/aromatic N) is 1. The Hall–Kier alpha value is -4.60. The topological polar surface area (TPSA) is 109 Å². The number of carbonyl (C=O) groups is 3. The highest BCUT2D eigenvalue weighted by Crippen LogP contribution is 2.25. The average molecular weight is 620 g/mol. The Morgan fingerprint density at radius 1 is 0.956 bits per heavy atom. The van der Waals surface area contributed by atoms with Crippen molar-refractivity contribution in [2.45, 2.75) is 83.6 Å². The summed E-state index contributed by atoms with van der Waals surface area (Å²) in [4.78, 5) is 41.1. The van der Waals surface area contributed by atoms with Crippen LogP contribution in [0.2, 0.25) is 0 Å². The van der Waals surface area contributed by atoms with Gasteiger partial charge in [-0.15, -0.1) is 0 Å². The van der Waals surface area contributed by atoms with Crippen molar-refractivity contribution >= 4 is 29.4 Å². The number of amides is 1. The molecule has 0 aliphatic heterocycles. The number of esters is 1. The number of rotatable bonds is 11. The molecule has 8 nitrogen and oxygen atoms in total. The molecule has 45 heavy (non-hydrogen) atoms. The number of hydrogen-bond acceptors (Lipinski definition) is 6. The summed E-state index contributed by atoms with van der Waals surface area (Å²) in [5, 5.41) is 11.0. The molecule has 1 unspecified atom stereocenters. The number of nitrogens with one attached hydrogen (secondary N) is 2. The highest BCUT2D eigenvalue weighted by Gasteiger charge is 2.36. The lowest BCUT2D eigenvalue weighted by molar-refractivity contribution is -0.155. The van der Waals surface area contributed by atoms with Crippen molar-refractivity contribution in [2.24, 2.45) is 0 Å². The fourth-order valence-corrected chi connectivity index (χ4v) is 5.11. The Morgan fingerprint density at radius 2 is 1.62 bits per heavy atom. The monoisotopic (exact) mass is 619 g/mol. The first-order valence-electron chi connectivity index (χ1n) is 15.0. The van der Waals surface area contributed by atoms with E-state index in [-0.39, 0.29) is 30.5 Å². The third kappa shape index (κ3) is 9.96. The van der Waals surface area contributed by atoms with E-state index in [1.54, 1.807) is 45.0 Å². The molecular weight excluding hydrogens is 580 g/mol. The summed E-state index contributed by atoms with van der Waals surface area (Å²) >= 11 is 0. The van der Waals surface area contributed by atoms with Crippen molar-refractivity contribution in [3.63, 3.8) is 0 Å². The summed E-state index contributed by atoms with van der Waals surface area (Å²) in [6.07, 6.45) is 2.57. The quantitative estimate of drug-likeness (QED) is 0.0998. The van der Waals surface area contributed by atoms with Gasteiger partial charge in [0, 0.05) is 24.7 Å². The summed E-state index contributed by atoms with van der Waals surface area (Å²) in [5.74, 6) is -3.09. The van der Waals surface area contributed by atoms with Crippen LogP contribution in [0.15, 0.2) is 72.8 Å². The Kier molecular flexibility index (Phi) is 11.0. The number of Topliss-reactive ketones (excluding diaryl/α,β-unsaturated/α-hetero) is 1. The van der Waals surface area contributed by atoms with Gasteiger partial charge in [0.2, 0.25) is 0 Å². The Labute approximate surface area is 262 Å². The molecule has 0 aromatic heterocycles. The van der Waals surface area contributed by atoms with Gasteiger partial charge in [-0.1, -0.05) is 42.5 Å². The van der Waals surface area contributed by atoms with Crippen molar-refractivity contribution in [1.29, 1.82) is 5.41 Å². The van der Waals surface area contributed by atoms with Gasteiger partial charge >= 0.3 is 12.1 Å². The first-order valence-corrected chi connectivity index (χ1v) is 15.0. The lowest BCUT2D eigenvalue weighted by Crippen LogP contribution is -2.49. The number of benzene rings is 3. The van der Waals surface area contributed by atoms with Crippen LogP contribution in [0.1, 0.15) is 74.4 Å². The number of halogens is 2. The molecule has 3 aromatic carbocycles. The fourth-order valence-electron chi connectivity index (χ4n) is 5.11. The molecule has 1 amide bonds. The lowest BCUT2D eigenvalue weighted by Gasteiger charge is -2.33. The van der Waals surface area contributed by atoms with E-state index in [0.29, 0.717) is 17.3 Å². The van der Waals surface area contributed by atoms with E-state index in [2.05, 4.69) is 5.32 Å². The van der Waals surface area contributed by atoms with Gasteiger partial charge in [-0.2, -0.15) is 0 Å². The predicted octanol–water partition coefficient (Wildman–Crippen LogP) is 7.46. The molecule has 0 spiro atoms. The van der Waals surface area contributed by atoms with Crippen LogP contribution >= 0.6 is 0 Å². The second-order valence-corrected chi connectivity index (χ2v) is 12.2. The van der Waals surface area contributed by atoms with Crippen LogP contribution in [0.25, 0.3) is 0 Å². The second kappa shape index (κ2) is 14.9. The second-order valence-electron chi connectivity index (χ2n) is 12.2. The largest absolute Gasteiger partial charge is 0.461 e. The van der Waals surface area contributed by atoms with Crippen molar-refractivity contribution < 1.29 is 32.6 Å². The van der Waals surface area contributed by atoms with E-state index in [4.69, 9.17) is 14.9 Å². The highest BCUT2D eigenvalue weighted by atomic mass is 19.1. The van der Waals surface area contributed by atoms with Gasteiger partial charge in [-0.3, -0.25) is 15.1 Å². The maximum absolute atomic E-state index is 14.0. The van der Waals surface area contributed by atoms with Gasteiger partial charge in [0.25, 0.3) is 0 Å². The number of hydrogen-bond donors (Lipinski definition) is 2. The summed E-state index contributed by atoms with van der Waals surface area (Å²) in [5.41, 5.74) is 0.949. The Morgan fingerprint density at radius 3 is 2.24 bits per heavy atom. The zero-order valence-corrected chi connectivity index (χ0v) is 25.8. The third-order valence-electron chi connectivity index (χ3n) is 7.30. The standard InChI is InChI=1S/C35H39F2N3O5/c1-35(2,3)45-34(43)40(30(19-23-9-5-4-6-10-23)33(42)44-27-11-7-8-12-27)22-24-13-16-26(17-14-24)39-32(38)21-31(41)28-18-15-25(36)20-29(28)37/h4-6,9-10,13-18,20,27,30H,7-8,11-12,19,21-22H2,1-3H3,(H2,38,39). The fraction of sp³-hybridized carbons (Fsp3) is 0.371. The zero-order valence-electron chi connectivity index (χ0n) is 25.8. The van der Waals surface area contributed by atoms with Gasteiger partial charge in [0.05, 0.1) is 12.0 Å². The van der Waals surface area contributed by atoms with Crippen LogP contribution in [0.4, 0.5) is 19.3 Å². The first kappa shape index (κ1) is 33.3. The molecule has 2 N–H and O–H groups in total. The molecule has 0 bridgehead atoms. The minimum atomic E-state index is -0.982. The summed E-state index contributed by atoms with van der Waals surface area (Å²) in [6, 6.07) is 18.0. The number of carbonyl (C=O) groups excluding carboxylic acids is 3. The van der Waals surface area contributed by atoms with E-state index in [0.717, 1.165) is 43.4 Å². The Balaban J connectivity index is 1.51. The van der Waals surface area contributed by atoms with E-state index in [9.17, 15) is 23.2 Å². The minimum absolute atomic E-state index is 0.0479. The SMILES string of the molecule is CC(C)(C)OC(=O)N(Cc1ccc(NC(=N)CC(=O)c2ccc(F)cc2F)cc1)C(Cc1ccccc1)C(=O)OC1CCCC1. The number of ketones is 1. The first-order chi connectivity index (χ1) is 21.4. The summed E-state index contributed by atoms with van der Waals surface area (Å²) in [6.45, 7) is 5.33. The number of anilines is 1. The molecule has 238 valence electrons. The maximum Gasteiger partial charge on any atom is 0.411 e. The molecular formula is C35H39F2N3O5. The van der Waals surface area contributed by atoms with Crippen molar-refractivity contribution in [2.75, 3.05) is 5.32 Å². The third-order valence-corrected chi connectivity index (χ3v) is 7.30. The van der Waals surface area contributed by atoms with Gasteiger partial charge < -0.3 is 14.8 Å². The van der Waals surface area contributed by atoms with Crippen molar-refractivity contribution in [3.8, 4) is 0 Å². The van der Waals surface area contributed by atoms with Crippen LogP contribution in [-0.4, -0.2) is 46.3 Å². The van der Waals surface area contributed by atoms with Gasteiger partial charge in [-0.05, 0) is 81.8 Å². The molecule has 3 aromatic rings. The van der Waals surface area contributed by atoms with E-state index >= 15 is 0 Å². The Bertz CT molecular complexity index is 1500. The smallest absolute Gasteiger partial charge is 0.411 e. The van der Waals surface area contributed by atoms with Crippen LogP contribution in [-0.2, 0) is 27.2 Å². The van der Waals surface area contributed by atoms with E-state index in [1.165, 1.54) is 4.90 Å². The molecule has 0 heterocycles. The van der Waals surface area contributed by atoms with Crippen LogP contribution in [0, 0.1) is 17.0 Å². The predicted molar refractivity (Wildman–Crippen MR) is 167 cm³/mol. The van der Waals surface area contributed by atoms with E-state index < -0.39 is 47.5 Å². The molecule has 0 saturated heterocycles. The highest BCUT2D eigenvalue weighted by molar-refractivity contribution is 6.12. The van der Waals surface area contributed by atoms with E-state index in [1.807, 2.05) is 30.3 Å². The maximum atomic E-state index is 14.0. The lowest BCUT2D eigenvalue weighted by atomic mass is 10.0. The molecule has 1 saturated carbocycles. The van der Waals surface area contributed by atoms with Crippen molar-refractivity contribution in [1.82, 2.24) is 4.90 Å². The number of amidine groups is 1. The minimum Gasteiger partial charge on any atom is -0.461 e.